The van der Waals surface area contributed by atoms with Crippen LogP contribution in [-0.2, 0) is 19.1 Å². The van der Waals surface area contributed by atoms with Crippen molar-refractivity contribution in [1.29, 1.82) is 0 Å². The summed E-state index contributed by atoms with van der Waals surface area (Å²) in [6, 6.07) is 5.72. The number of nitrogens with zero attached hydrogens (tertiary/aromatic N) is 2. The molecule has 4 aliphatic heterocycles. The van der Waals surface area contributed by atoms with Gasteiger partial charge >= 0.3 is 0 Å². The molecule has 0 spiro atoms. The molecule has 1 aromatic rings. The number of amides is 2. The van der Waals surface area contributed by atoms with Gasteiger partial charge in [0.15, 0.2) is 0 Å². The van der Waals surface area contributed by atoms with Crippen molar-refractivity contribution in [2.24, 2.45) is 5.92 Å². The Morgan fingerprint density at radius 1 is 1.15 bits per heavy atom. The summed E-state index contributed by atoms with van der Waals surface area (Å²) in [5, 5.41) is 13.0. The number of aliphatic hydroxyl groups is 1. The van der Waals surface area contributed by atoms with Crippen LogP contribution in [-0.4, -0.2) is 98.1 Å². The average molecular weight is 474 g/mol. The first kappa shape index (κ1) is 23.5. The van der Waals surface area contributed by atoms with Gasteiger partial charge in [0.05, 0.1) is 19.1 Å². The smallest absolute Gasteiger partial charge is 0.227 e. The van der Waals surface area contributed by atoms with Gasteiger partial charge in [0.25, 0.3) is 0 Å². The highest BCUT2D eigenvalue weighted by atomic mass is 16.6. The number of carbonyl (C=O) groups is 2. The standard InChI is InChI=1S/C25H35N3O6/c1-27-6-8-28(9-7-27)23(30)14-18-13-20-19-12-17(26-25(31)16-4-10-32-11-5-16)2-3-21(19)34-24(20)22(15-29)33-18/h2-3,12,16,18,20,22,24,29H,4-11,13-15H2,1H3,(H,26,31)/t18-,20+,22-,24-/m1/s1. The molecule has 0 aromatic heterocycles. The van der Waals surface area contributed by atoms with Crippen molar-refractivity contribution >= 4 is 17.5 Å². The fourth-order valence-electron chi connectivity index (χ4n) is 5.55. The van der Waals surface area contributed by atoms with E-state index in [2.05, 4.69) is 17.3 Å². The van der Waals surface area contributed by atoms with E-state index in [1.165, 1.54) is 0 Å². The predicted octanol–water partition coefficient (Wildman–Crippen LogP) is 1.21. The first-order chi connectivity index (χ1) is 16.5. The molecule has 0 saturated carbocycles. The van der Waals surface area contributed by atoms with Gasteiger partial charge in [0.2, 0.25) is 11.8 Å². The number of rotatable bonds is 5. The van der Waals surface area contributed by atoms with Crippen LogP contribution in [0, 0.1) is 5.92 Å². The highest BCUT2D eigenvalue weighted by Gasteiger charge is 2.46. The van der Waals surface area contributed by atoms with Crippen LogP contribution in [0.15, 0.2) is 18.2 Å². The third-order valence-electron chi connectivity index (χ3n) is 7.62. The van der Waals surface area contributed by atoms with Crippen molar-refractivity contribution in [1.82, 2.24) is 9.80 Å². The molecular weight excluding hydrogens is 438 g/mol. The molecule has 34 heavy (non-hydrogen) atoms. The number of anilines is 1. The van der Waals surface area contributed by atoms with Crippen LogP contribution in [0.1, 0.15) is 37.2 Å². The first-order valence-electron chi connectivity index (χ1n) is 12.4. The maximum absolute atomic E-state index is 12.9. The Labute approximate surface area is 200 Å². The molecule has 3 saturated heterocycles. The lowest BCUT2D eigenvalue weighted by Crippen LogP contribution is -2.50. The topological polar surface area (TPSA) is 101 Å². The van der Waals surface area contributed by atoms with E-state index in [4.69, 9.17) is 14.2 Å². The molecule has 0 bridgehead atoms. The highest BCUT2D eigenvalue weighted by Crippen LogP contribution is 2.47. The summed E-state index contributed by atoms with van der Waals surface area (Å²) in [5.41, 5.74) is 1.75. The number of ether oxygens (including phenoxy) is 3. The average Bonchev–Trinajstić information content (AvgIpc) is 3.22. The number of carbonyl (C=O) groups excluding carboxylic acids is 2. The molecule has 4 heterocycles. The normalized spacial score (nSPS) is 29.8. The molecule has 3 fully saturated rings. The van der Waals surface area contributed by atoms with Gasteiger partial charge < -0.3 is 34.4 Å². The monoisotopic (exact) mass is 473 g/mol. The van der Waals surface area contributed by atoms with Crippen molar-refractivity contribution in [3.8, 4) is 5.75 Å². The van der Waals surface area contributed by atoms with E-state index in [-0.39, 0.29) is 42.5 Å². The predicted molar refractivity (Wildman–Crippen MR) is 125 cm³/mol. The largest absolute Gasteiger partial charge is 0.487 e. The Hall–Kier alpha value is -2.20. The lowest BCUT2D eigenvalue weighted by Gasteiger charge is -2.38. The molecule has 9 nitrogen and oxygen atoms in total. The summed E-state index contributed by atoms with van der Waals surface area (Å²) in [4.78, 5) is 29.7. The van der Waals surface area contributed by atoms with Gasteiger partial charge in [-0.15, -0.1) is 0 Å². The van der Waals surface area contributed by atoms with Crippen molar-refractivity contribution in [2.45, 2.75) is 49.9 Å². The van der Waals surface area contributed by atoms with Gasteiger partial charge in [-0.1, -0.05) is 0 Å². The van der Waals surface area contributed by atoms with Gasteiger partial charge in [-0.25, -0.2) is 0 Å². The Balaban J connectivity index is 1.27. The second-order valence-corrected chi connectivity index (χ2v) is 9.92. The third kappa shape index (κ3) is 4.93. The molecule has 0 aliphatic carbocycles. The Morgan fingerprint density at radius 3 is 2.65 bits per heavy atom. The van der Waals surface area contributed by atoms with E-state index in [0.717, 1.165) is 56.0 Å². The Kier molecular flexibility index (Phi) is 7.06. The van der Waals surface area contributed by atoms with E-state index < -0.39 is 6.10 Å². The summed E-state index contributed by atoms with van der Waals surface area (Å²) in [6.45, 7) is 4.31. The van der Waals surface area contributed by atoms with Crippen LogP contribution in [0.2, 0.25) is 0 Å². The number of aliphatic hydroxyl groups excluding tert-OH is 1. The van der Waals surface area contributed by atoms with Crippen molar-refractivity contribution in [2.75, 3.05) is 58.4 Å². The SMILES string of the molecule is CN1CCN(C(=O)C[C@H]2C[C@H]3c4cc(NC(=O)C5CCOCC5)ccc4O[C@H]3[C@@H](CO)O2)CC1. The molecular formula is C25H35N3O6. The van der Waals surface area contributed by atoms with Crippen LogP contribution in [0.25, 0.3) is 0 Å². The van der Waals surface area contributed by atoms with Gasteiger partial charge in [-0.3, -0.25) is 9.59 Å². The van der Waals surface area contributed by atoms with Crippen LogP contribution in [0.3, 0.4) is 0 Å². The van der Waals surface area contributed by atoms with Gasteiger partial charge in [0, 0.05) is 62.5 Å². The molecule has 186 valence electrons. The van der Waals surface area contributed by atoms with Crippen LogP contribution in [0.4, 0.5) is 5.69 Å². The fraction of sp³-hybridized carbons (Fsp3) is 0.680. The van der Waals surface area contributed by atoms with Gasteiger partial charge in [0.1, 0.15) is 18.0 Å². The van der Waals surface area contributed by atoms with Crippen molar-refractivity contribution in [3.05, 3.63) is 23.8 Å². The second-order valence-electron chi connectivity index (χ2n) is 9.92. The molecule has 1 aromatic carbocycles. The maximum Gasteiger partial charge on any atom is 0.227 e. The Morgan fingerprint density at radius 2 is 1.91 bits per heavy atom. The molecule has 5 rings (SSSR count). The Bertz CT molecular complexity index is 897. The molecule has 4 aliphatic rings. The van der Waals surface area contributed by atoms with E-state index in [1.807, 2.05) is 23.1 Å². The number of benzene rings is 1. The molecule has 4 atom stereocenters. The minimum Gasteiger partial charge on any atom is -0.487 e. The molecule has 2 N–H and O–H groups in total. The molecule has 2 amide bonds. The van der Waals surface area contributed by atoms with Crippen molar-refractivity contribution < 1.29 is 28.9 Å². The second kappa shape index (κ2) is 10.2. The summed E-state index contributed by atoms with van der Waals surface area (Å²) < 4.78 is 17.6. The third-order valence-corrected chi connectivity index (χ3v) is 7.62. The lowest BCUT2D eigenvalue weighted by atomic mass is 9.84. The van der Waals surface area contributed by atoms with E-state index >= 15 is 0 Å². The lowest BCUT2D eigenvalue weighted by molar-refractivity contribution is -0.150. The van der Waals surface area contributed by atoms with E-state index in [1.54, 1.807) is 0 Å². The number of nitrogens with one attached hydrogen (secondary N) is 1. The molecule has 9 heteroatoms. The number of hydrogen-bond acceptors (Lipinski definition) is 7. The van der Waals surface area contributed by atoms with Crippen LogP contribution < -0.4 is 10.1 Å². The summed E-state index contributed by atoms with van der Waals surface area (Å²) in [5.74, 6) is 0.857. The zero-order valence-electron chi connectivity index (χ0n) is 19.8. The van der Waals surface area contributed by atoms with Crippen LogP contribution >= 0.6 is 0 Å². The van der Waals surface area contributed by atoms with Gasteiger partial charge in [-0.2, -0.15) is 0 Å². The molecule has 0 radical (unpaired) electrons. The van der Waals surface area contributed by atoms with Crippen molar-refractivity contribution in [3.63, 3.8) is 0 Å². The highest BCUT2D eigenvalue weighted by molar-refractivity contribution is 5.92. The number of hydrogen-bond donors (Lipinski definition) is 2. The first-order valence-corrected chi connectivity index (χ1v) is 12.4. The number of piperazine rings is 1. The quantitative estimate of drug-likeness (QED) is 0.663. The fourth-order valence-corrected chi connectivity index (χ4v) is 5.55. The summed E-state index contributed by atoms with van der Waals surface area (Å²) >= 11 is 0. The zero-order chi connectivity index (χ0) is 23.7. The van der Waals surface area contributed by atoms with E-state index in [9.17, 15) is 14.7 Å². The summed E-state index contributed by atoms with van der Waals surface area (Å²) in [7, 11) is 2.07. The maximum atomic E-state index is 12.9. The number of likely N-dealkylation sites (N-methyl/N-ethyl adjacent to an activating group) is 1. The number of fused-ring (bicyclic) bond motifs is 3. The van der Waals surface area contributed by atoms with Crippen LogP contribution in [0.5, 0.6) is 5.75 Å². The molecule has 0 unspecified atom stereocenters. The minimum atomic E-state index is -0.489. The van der Waals surface area contributed by atoms with Gasteiger partial charge in [-0.05, 0) is 44.5 Å². The zero-order valence-corrected chi connectivity index (χ0v) is 19.8. The summed E-state index contributed by atoms with van der Waals surface area (Å²) in [6.07, 6.45) is 1.37. The van der Waals surface area contributed by atoms with E-state index in [0.29, 0.717) is 26.1 Å². The minimum absolute atomic E-state index is 0.00567.